The molecule has 0 saturated heterocycles. The fraction of sp³-hybridized carbons (Fsp3) is 0.389. The first-order valence-corrected chi connectivity index (χ1v) is 15.7. The third kappa shape index (κ3) is 7.36. The van der Waals surface area contributed by atoms with Crippen molar-refractivity contribution in [3.8, 4) is 0 Å². The topological polar surface area (TPSA) is 96.0 Å². The van der Waals surface area contributed by atoms with E-state index in [1.54, 1.807) is 34.1 Å². The third-order valence-electron chi connectivity index (χ3n) is 8.54. The fourth-order valence-corrected chi connectivity index (χ4v) is 6.22. The highest BCUT2D eigenvalue weighted by Crippen LogP contribution is 2.34. The Bertz CT molecular complexity index is 1420. The van der Waals surface area contributed by atoms with Crippen molar-refractivity contribution in [2.45, 2.75) is 70.1 Å². The Kier molecular flexibility index (Phi) is 10.4. The molecule has 1 N–H and O–H groups in total. The minimum Gasteiger partial charge on any atom is -0.469 e. The number of anilines is 3. The second-order valence-corrected chi connectivity index (χ2v) is 11.5. The van der Waals surface area contributed by atoms with Gasteiger partial charge >= 0.3 is 5.97 Å². The molecular formula is C36H41N3O5. The maximum absolute atomic E-state index is 14.4. The molecule has 2 aliphatic rings. The van der Waals surface area contributed by atoms with Crippen molar-refractivity contribution in [1.29, 1.82) is 0 Å². The molecule has 2 heterocycles. The van der Waals surface area contributed by atoms with Gasteiger partial charge in [0.2, 0.25) is 17.7 Å². The first-order chi connectivity index (χ1) is 21.5. The molecule has 0 unspecified atom stereocenters. The number of fused-ring (bicyclic) bond motifs is 2. The fourth-order valence-electron chi connectivity index (χ4n) is 6.22. The van der Waals surface area contributed by atoms with Gasteiger partial charge in [-0.05, 0) is 79.5 Å². The molecule has 0 radical (unpaired) electrons. The van der Waals surface area contributed by atoms with Gasteiger partial charge in [-0.15, -0.1) is 0 Å². The third-order valence-corrected chi connectivity index (χ3v) is 8.54. The van der Waals surface area contributed by atoms with Crippen molar-refractivity contribution >= 4 is 40.8 Å². The SMILES string of the molecule is COC(=O)CCCCCCC(=O)Nc1ccc(C(C(=O)N2CCCc3ccccc32)C(=O)N2CCCc3ccccc32)cc1. The monoisotopic (exact) mass is 595 g/mol. The Morgan fingerprint density at radius 3 is 1.77 bits per heavy atom. The van der Waals surface area contributed by atoms with Crippen LogP contribution in [0, 0.1) is 0 Å². The van der Waals surface area contributed by atoms with Crippen LogP contribution in [0.2, 0.25) is 0 Å². The molecule has 5 rings (SSSR count). The summed E-state index contributed by atoms with van der Waals surface area (Å²) in [6.45, 7) is 1.13. The van der Waals surface area contributed by atoms with Crippen molar-refractivity contribution in [2.24, 2.45) is 0 Å². The largest absolute Gasteiger partial charge is 0.469 e. The van der Waals surface area contributed by atoms with E-state index >= 15 is 0 Å². The number of hydrogen-bond donors (Lipinski definition) is 1. The Balaban J connectivity index is 1.31. The number of esters is 1. The second kappa shape index (κ2) is 14.8. The van der Waals surface area contributed by atoms with Gasteiger partial charge in [0.25, 0.3) is 0 Å². The normalized spacial score (nSPS) is 14.0. The van der Waals surface area contributed by atoms with Crippen LogP contribution in [0.4, 0.5) is 17.1 Å². The molecule has 0 fully saturated rings. The van der Waals surface area contributed by atoms with Crippen molar-refractivity contribution in [3.05, 3.63) is 89.5 Å². The highest BCUT2D eigenvalue weighted by Gasteiger charge is 2.38. The average Bonchev–Trinajstić information content (AvgIpc) is 3.06. The summed E-state index contributed by atoms with van der Waals surface area (Å²) in [5, 5.41) is 2.93. The Labute approximate surface area is 259 Å². The Morgan fingerprint density at radius 1 is 0.705 bits per heavy atom. The average molecular weight is 596 g/mol. The summed E-state index contributed by atoms with van der Waals surface area (Å²) < 4.78 is 4.66. The van der Waals surface area contributed by atoms with Crippen LogP contribution in [0.25, 0.3) is 0 Å². The summed E-state index contributed by atoms with van der Waals surface area (Å²) in [6.07, 6.45) is 7.46. The van der Waals surface area contributed by atoms with E-state index in [1.807, 2.05) is 48.5 Å². The van der Waals surface area contributed by atoms with E-state index < -0.39 is 5.92 Å². The first kappa shape index (κ1) is 31.0. The summed E-state index contributed by atoms with van der Waals surface area (Å²) in [4.78, 5) is 56.1. The maximum Gasteiger partial charge on any atom is 0.305 e. The summed E-state index contributed by atoms with van der Waals surface area (Å²) in [5.41, 5.74) is 5.19. The van der Waals surface area contributed by atoms with Crippen LogP contribution in [0.3, 0.4) is 0 Å². The number of rotatable bonds is 11. The van der Waals surface area contributed by atoms with Crippen LogP contribution in [0.15, 0.2) is 72.8 Å². The standard InChI is InChI=1S/C36H41N3O5/c1-44-33(41)19-5-3-2-4-18-32(40)37-29-22-20-28(21-23-29)34(35(42)38-24-10-14-26-12-6-8-16-30(26)38)36(43)39-25-11-15-27-13-7-9-17-31(27)39/h6-9,12-13,16-17,20-23,34H,2-5,10-11,14-15,18-19,24-25H2,1H3,(H,37,40). The molecule has 8 nitrogen and oxygen atoms in total. The van der Waals surface area contributed by atoms with Crippen LogP contribution < -0.4 is 15.1 Å². The number of methoxy groups -OCH3 is 1. The lowest BCUT2D eigenvalue weighted by atomic mass is 9.91. The van der Waals surface area contributed by atoms with Gasteiger partial charge in [0.05, 0.1) is 7.11 Å². The van der Waals surface area contributed by atoms with Crippen LogP contribution in [-0.2, 0) is 36.8 Å². The molecule has 0 saturated carbocycles. The van der Waals surface area contributed by atoms with Gasteiger partial charge < -0.3 is 19.9 Å². The van der Waals surface area contributed by atoms with E-state index in [1.165, 1.54) is 7.11 Å². The number of carbonyl (C=O) groups is 4. The van der Waals surface area contributed by atoms with E-state index in [2.05, 4.69) is 10.1 Å². The van der Waals surface area contributed by atoms with Crippen molar-refractivity contribution in [2.75, 3.05) is 35.3 Å². The zero-order chi connectivity index (χ0) is 30.9. The molecule has 44 heavy (non-hydrogen) atoms. The predicted octanol–water partition coefficient (Wildman–Crippen LogP) is 6.18. The molecule has 0 aromatic heterocycles. The smallest absolute Gasteiger partial charge is 0.305 e. The number of nitrogens with zero attached hydrogens (tertiary/aromatic N) is 2. The highest BCUT2D eigenvalue weighted by molar-refractivity contribution is 6.17. The minimum atomic E-state index is -1.01. The van der Waals surface area contributed by atoms with E-state index in [4.69, 9.17) is 0 Å². The van der Waals surface area contributed by atoms with Crippen LogP contribution in [0.1, 0.15) is 74.0 Å². The quantitative estimate of drug-likeness (QED) is 0.162. The number of benzene rings is 3. The molecule has 0 bridgehead atoms. The number of aryl methyl sites for hydroxylation is 2. The molecule has 0 atom stereocenters. The van der Waals surface area contributed by atoms with Crippen LogP contribution >= 0.6 is 0 Å². The maximum atomic E-state index is 14.4. The van der Waals surface area contributed by atoms with Crippen LogP contribution in [0.5, 0.6) is 0 Å². The molecule has 3 amide bonds. The lowest BCUT2D eigenvalue weighted by Gasteiger charge is -2.36. The number of nitrogens with one attached hydrogen (secondary N) is 1. The first-order valence-electron chi connectivity index (χ1n) is 15.7. The van der Waals surface area contributed by atoms with Crippen molar-refractivity contribution in [1.82, 2.24) is 0 Å². The minimum absolute atomic E-state index is 0.0933. The Morgan fingerprint density at radius 2 is 1.23 bits per heavy atom. The number of para-hydroxylation sites is 2. The molecule has 3 aromatic rings. The summed E-state index contributed by atoms with van der Waals surface area (Å²) >= 11 is 0. The van der Waals surface area contributed by atoms with Gasteiger partial charge in [0, 0.05) is 43.0 Å². The molecule has 8 heteroatoms. The number of hydrogen-bond acceptors (Lipinski definition) is 5. The lowest BCUT2D eigenvalue weighted by Crippen LogP contribution is -2.47. The molecule has 2 aliphatic heterocycles. The number of ether oxygens (including phenoxy) is 1. The van der Waals surface area contributed by atoms with Gasteiger partial charge in [-0.3, -0.25) is 19.2 Å². The van der Waals surface area contributed by atoms with E-state index in [0.717, 1.165) is 73.9 Å². The summed E-state index contributed by atoms with van der Waals surface area (Å²) in [5.74, 6) is -1.77. The highest BCUT2D eigenvalue weighted by atomic mass is 16.5. The van der Waals surface area contributed by atoms with Gasteiger partial charge in [0.15, 0.2) is 0 Å². The second-order valence-electron chi connectivity index (χ2n) is 11.5. The van der Waals surface area contributed by atoms with Gasteiger partial charge in [-0.1, -0.05) is 61.4 Å². The zero-order valence-electron chi connectivity index (χ0n) is 25.4. The van der Waals surface area contributed by atoms with E-state index in [-0.39, 0.29) is 23.7 Å². The zero-order valence-corrected chi connectivity index (χ0v) is 25.4. The van der Waals surface area contributed by atoms with Crippen molar-refractivity contribution < 1.29 is 23.9 Å². The summed E-state index contributed by atoms with van der Waals surface area (Å²) in [6, 6.07) is 23.0. The van der Waals surface area contributed by atoms with E-state index in [0.29, 0.717) is 37.2 Å². The molecule has 0 spiro atoms. The molecule has 230 valence electrons. The van der Waals surface area contributed by atoms with E-state index in [9.17, 15) is 19.2 Å². The molecular weight excluding hydrogens is 554 g/mol. The van der Waals surface area contributed by atoms with Crippen molar-refractivity contribution in [3.63, 3.8) is 0 Å². The van der Waals surface area contributed by atoms with Gasteiger partial charge in [-0.25, -0.2) is 0 Å². The predicted molar refractivity (Wildman–Crippen MR) is 172 cm³/mol. The van der Waals surface area contributed by atoms with Crippen LogP contribution in [-0.4, -0.2) is 43.9 Å². The molecule has 3 aromatic carbocycles. The van der Waals surface area contributed by atoms with Gasteiger partial charge in [0.1, 0.15) is 5.92 Å². The lowest BCUT2D eigenvalue weighted by molar-refractivity contribution is -0.140. The Hall–Kier alpha value is -4.46. The molecule has 0 aliphatic carbocycles. The number of amides is 3. The number of unbranched alkanes of at least 4 members (excludes halogenated alkanes) is 3. The van der Waals surface area contributed by atoms with Gasteiger partial charge in [-0.2, -0.15) is 0 Å². The summed E-state index contributed by atoms with van der Waals surface area (Å²) in [7, 11) is 1.39. The number of carbonyl (C=O) groups excluding carboxylic acids is 4.